The van der Waals surface area contributed by atoms with Crippen LogP contribution in [0.5, 0.6) is 0 Å². The van der Waals surface area contributed by atoms with E-state index in [-0.39, 0.29) is 11.6 Å². The van der Waals surface area contributed by atoms with Gasteiger partial charge in [-0.2, -0.15) is 0 Å². The van der Waals surface area contributed by atoms with Crippen LogP contribution in [0.4, 0.5) is 8.78 Å². The van der Waals surface area contributed by atoms with Gasteiger partial charge >= 0.3 is 0 Å². The standard InChI is InChI=1S/C15H19F2NO/c1-10-6-3-2-4-9-13(10)18-15(19)11-7-5-8-12(16)14(11)17/h5,7-8,10,13H,2-4,6,9H2,1H3,(H,18,19). The predicted octanol–water partition coefficient (Wildman–Crippen LogP) is 3.66. The highest BCUT2D eigenvalue weighted by Crippen LogP contribution is 2.23. The van der Waals surface area contributed by atoms with Gasteiger partial charge in [-0.3, -0.25) is 4.79 Å². The third kappa shape index (κ3) is 3.31. The zero-order valence-electron chi connectivity index (χ0n) is 11.1. The Morgan fingerprint density at radius 2 is 1.95 bits per heavy atom. The first-order valence-corrected chi connectivity index (χ1v) is 6.84. The van der Waals surface area contributed by atoms with E-state index < -0.39 is 17.5 Å². The maximum Gasteiger partial charge on any atom is 0.254 e. The van der Waals surface area contributed by atoms with Gasteiger partial charge in [0.25, 0.3) is 5.91 Å². The zero-order chi connectivity index (χ0) is 13.8. The zero-order valence-corrected chi connectivity index (χ0v) is 11.1. The summed E-state index contributed by atoms with van der Waals surface area (Å²) in [6, 6.07) is 3.73. The average molecular weight is 267 g/mol. The molecule has 0 aliphatic heterocycles. The van der Waals surface area contributed by atoms with Crippen molar-refractivity contribution in [2.24, 2.45) is 5.92 Å². The Morgan fingerprint density at radius 3 is 2.74 bits per heavy atom. The van der Waals surface area contributed by atoms with Crippen LogP contribution in [0, 0.1) is 17.6 Å². The van der Waals surface area contributed by atoms with Crippen molar-refractivity contribution in [3.05, 3.63) is 35.4 Å². The summed E-state index contributed by atoms with van der Waals surface area (Å²) in [5.41, 5.74) is -0.212. The number of rotatable bonds is 2. The van der Waals surface area contributed by atoms with Crippen LogP contribution in [0.1, 0.15) is 49.4 Å². The summed E-state index contributed by atoms with van der Waals surface area (Å²) < 4.78 is 26.7. The molecule has 1 amide bonds. The van der Waals surface area contributed by atoms with Crippen LogP contribution in [0.25, 0.3) is 0 Å². The highest BCUT2D eigenvalue weighted by atomic mass is 19.2. The second kappa shape index (κ2) is 6.13. The lowest BCUT2D eigenvalue weighted by molar-refractivity contribution is 0.0916. The van der Waals surface area contributed by atoms with Crippen LogP contribution in [-0.4, -0.2) is 11.9 Å². The molecule has 104 valence electrons. The maximum absolute atomic E-state index is 13.5. The highest BCUT2D eigenvalue weighted by Gasteiger charge is 2.23. The number of hydrogen-bond acceptors (Lipinski definition) is 1. The fourth-order valence-electron chi connectivity index (χ4n) is 2.63. The van der Waals surface area contributed by atoms with Gasteiger partial charge in [0, 0.05) is 6.04 Å². The minimum absolute atomic E-state index is 0.0534. The summed E-state index contributed by atoms with van der Waals surface area (Å²) in [5.74, 6) is -2.19. The molecule has 1 aliphatic carbocycles. The van der Waals surface area contributed by atoms with E-state index in [2.05, 4.69) is 12.2 Å². The molecular formula is C15H19F2NO. The van der Waals surface area contributed by atoms with Crippen LogP contribution in [0.2, 0.25) is 0 Å². The Hall–Kier alpha value is -1.45. The second-order valence-corrected chi connectivity index (χ2v) is 5.30. The monoisotopic (exact) mass is 267 g/mol. The topological polar surface area (TPSA) is 29.1 Å². The molecule has 1 fully saturated rings. The molecule has 2 nitrogen and oxygen atoms in total. The van der Waals surface area contributed by atoms with Gasteiger partial charge in [-0.1, -0.05) is 32.3 Å². The van der Waals surface area contributed by atoms with E-state index >= 15 is 0 Å². The van der Waals surface area contributed by atoms with Gasteiger partial charge in [-0.15, -0.1) is 0 Å². The lowest BCUT2D eigenvalue weighted by atomic mass is 9.96. The molecule has 4 heteroatoms. The molecule has 19 heavy (non-hydrogen) atoms. The molecule has 1 aromatic rings. The third-order valence-corrected chi connectivity index (χ3v) is 3.87. The first-order chi connectivity index (χ1) is 9.09. The Kier molecular flexibility index (Phi) is 4.51. The summed E-state index contributed by atoms with van der Waals surface area (Å²) in [4.78, 5) is 12.0. The molecule has 0 bridgehead atoms. The smallest absolute Gasteiger partial charge is 0.254 e. The van der Waals surface area contributed by atoms with Crippen molar-refractivity contribution in [2.75, 3.05) is 0 Å². The Balaban J connectivity index is 2.09. The summed E-state index contributed by atoms with van der Waals surface area (Å²) >= 11 is 0. The van der Waals surface area contributed by atoms with E-state index in [4.69, 9.17) is 0 Å². The molecule has 1 aliphatic rings. The van der Waals surface area contributed by atoms with Crippen LogP contribution in [0.15, 0.2) is 18.2 Å². The first kappa shape index (κ1) is 14.0. The van der Waals surface area contributed by atoms with Gasteiger partial charge in [0.1, 0.15) is 0 Å². The number of halogens is 2. The number of benzene rings is 1. The van der Waals surface area contributed by atoms with Crippen molar-refractivity contribution in [1.82, 2.24) is 5.32 Å². The molecule has 0 saturated heterocycles. The van der Waals surface area contributed by atoms with Gasteiger partial charge in [0.05, 0.1) is 5.56 Å². The van der Waals surface area contributed by atoms with Crippen molar-refractivity contribution in [3.63, 3.8) is 0 Å². The molecule has 2 atom stereocenters. The average Bonchev–Trinajstić information content (AvgIpc) is 2.58. The van der Waals surface area contributed by atoms with Gasteiger partial charge in [-0.05, 0) is 30.9 Å². The number of carbonyl (C=O) groups excluding carboxylic acids is 1. The predicted molar refractivity (Wildman–Crippen MR) is 69.9 cm³/mol. The van der Waals surface area contributed by atoms with Gasteiger partial charge in [0.2, 0.25) is 0 Å². The summed E-state index contributed by atoms with van der Waals surface area (Å²) in [6.07, 6.45) is 5.38. The SMILES string of the molecule is CC1CCCCCC1NC(=O)c1cccc(F)c1F. The minimum atomic E-state index is -1.07. The third-order valence-electron chi connectivity index (χ3n) is 3.87. The number of hydrogen-bond donors (Lipinski definition) is 1. The number of carbonyl (C=O) groups is 1. The lowest BCUT2D eigenvalue weighted by Gasteiger charge is -2.22. The van der Waals surface area contributed by atoms with E-state index in [1.165, 1.54) is 25.0 Å². The van der Waals surface area contributed by atoms with Crippen molar-refractivity contribution < 1.29 is 13.6 Å². The Morgan fingerprint density at radius 1 is 1.21 bits per heavy atom. The van der Waals surface area contributed by atoms with E-state index in [9.17, 15) is 13.6 Å². The second-order valence-electron chi connectivity index (χ2n) is 5.30. The van der Waals surface area contributed by atoms with E-state index in [0.29, 0.717) is 5.92 Å². The fourth-order valence-corrected chi connectivity index (χ4v) is 2.63. The largest absolute Gasteiger partial charge is 0.349 e. The Labute approximate surface area is 112 Å². The first-order valence-electron chi connectivity index (χ1n) is 6.84. The molecule has 2 rings (SSSR count). The minimum Gasteiger partial charge on any atom is -0.349 e. The van der Waals surface area contributed by atoms with Crippen molar-refractivity contribution in [1.29, 1.82) is 0 Å². The molecule has 0 aromatic heterocycles. The molecule has 1 saturated carbocycles. The maximum atomic E-state index is 13.5. The molecule has 0 radical (unpaired) electrons. The molecular weight excluding hydrogens is 248 g/mol. The molecule has 1 aromatic carbocycles. The fraction of sp³-hybridized carbons (Fsp3) is 0.533. The van der Waals surface area contributed by atoms with Crippen LogP contribution in [0.3, 0.4) is 0 Å². The summed E-state index contributed by atoms with van der Waals surface area (Å²) in [6.45, 7) is 2.10. The number of nitrogens with one attached hydrogen (secondary N) is 1. The van der Waals surface area contributed by atoms with Gasteiger partial charge < -0.3 is 5.32 Å². The van der Waals surface area contributed by atoms with Crippen molar-refractivity contribution >= 4 is 5.91 Å². The highest BCUT2D eigenvalue weighted by molar-refractivity contribution is 5.94. The molecule has 0 heterocycles. The molecule has 2 unspecified atom stereocenters. The van der Waals surface area contributed by atoms with Crippen LogP contribution >= 0.6 is 0 Å². The van der Waals surface area contributed by atoms with Crippen molar-refractivity contribution in [3.8, 4) is 0 Å². The summed E-state index contributed by atoms with van der Waals surface area (Å²) in [7, 11) is 0. The van der Waals surface area contributed by atoms with E-state index in [1.807, 2.05) is 0 Å². The summed E-state index contributed by atoms with van der Waals surface area (Å²) in [5, 5.41) is 2.85. The quantitative estimate of drug-likeness (QED) is 0.814. The van der Waals surface area contributed by atoms with Crippen LogP contribution in [-0.2, 0) is 0 Å². The molecule has 0 spiro atoms. The lowest BCUT2D eigenvalue weighted by Crippen LogP contribution is -2.39. The van der Waals surface area contributed by atoms with Crippen molar-refractivity contribution in [2.45, 2.75) is 45.1 Å². The van der Waals surface area contributed by atoms with E-state index in [0.717, 1.165) is 25.3 Å². The van der Waals surface area contributed by atoms with Gasteiger partial charge in [-0.25, -0.2) is 8.78 Å². The van der Waals surface area contributed by atoms with Gasteiger partial charge in [0.15, 0.2) is 11.6 Å². The van der Waals surface area contributed by atoms with Crippen LogP contribution < -0.4 is 5.32 Å². The normalized spacial score (nSPS) is 23.7. The van der Waals surface area contributed by atoms with E-state index in [1.54, 1.807) is 0 Å². The Bertz CT molecular complexity index is 461. The molecule has 1 N–H and O–H groups in total. The number of amides is 1.